The Hall–Kier alpha value is -3.49. The van der Waals surface area contributed by atoms with Crippen molar-refractivity contribution in [2.45, 2.75) is 0 Å². The fraction of sp³-hybridized carbons (Fsp3) is 0. The molecule has 0 radical (unpaired) electrons. The highest BCUT2D eigenvalue weighted by Gasteiger charge is 2.16. The second-order valence-corrected chi connectivity index (χ2v) is 4.45. The number of aromatic carboxylic acids is 2. The molecule has 0 saturated carbocycles. The lowest BCUT2D eigenvalue weighted by Gasteiger charge is -2.03. The Morgan fingerprint density at radius 3 is 1.64 bits per heavy atom. The van der Waals surface area contributed by atoms with Gasteiger partial charge in [-0.25, -0.2) is 14.6 Å². The molecule has 4 N–H and O–H groups in total. The van der Waals surface area contributed by atoms with Crippen LogP contribution in [0.1, 0.15) is 20.7 Å². The summed E-state index contributed by atoms with van der Waals surface area (Å²) in [5, 5.41) is 17.6. The molecule has 22 heavy (non-hydrogen) atoms. The Morgan fingerprint density at radius 2 is 1.27 bits per heavy atom. The maximum absolute atomic E-state index is 12.1. The van der Waals surface area contributed by atoms with Gasteiger partial charge in [0.15, 0.2) is 0 Å². The Morgan fingerprint density at radius 1 is 0.864 bits per heavy atom. The molecule has 0 aliphatic carbocycles. The molecule has 3 heterocycles. The summed E-state index contributed by atoms with van der Waals surface area (Å²) in [6.45, 7) is 0. The van der Waals surface area contributed by atoms with Crippen LogP contribution in [-0.2, 0) is 0 Å². The van der Waals surface area contributed by atoms with E-state index in [0.29, 0.717) is 0 Å². The van der Waals surface area contributed by atoms with Crippen molar-refractivity contribution in [1.29, 1.82) is 0 Å². The number of nitrogens with one attached hydrogen (secondary N) is 2. The van der Waals surface area contributed by atoms with E-state index in [1.807, 2.05) is 0 Å². The van der Waals surface area contributed by atoms with Crippen molar-refractivity contribution in [1.82, 2.24) is 15.0 Å². The molecule has 0 bridgehead atoms. The molecular weight excluding hydrogens is 294 g/mol. The molecule has 9 nitrogen and oxygen atoms in total. The molecule has 0 unspecified atom stereocenters. The van der Waals surface area contributed by atoms with Gasteiger partial charge in [0.2, 0.25) is 10.9 Å². The lowest BCUT2D eigenvalue weighted by molar-refractivity contribution is 0.0684. The van der Waals surface area contributed by atoms with E-state index >= 15 is 0 Å². The molecule has 3 aromatic rings. The van der Waals surface area contributed by atoms with Crippen LogP contribution in [0.4, 0.5) is 0 Å². The molecule has 0 aromatic carbocycles. The van der Waals surface area contributed by atoms with E-state index in [-0.39, 0.29) is 22.1 Å². The molecule has 0 amide bonds. The fourth-order valence-electron chi connectivity index (χ4n) is 2.10. The van der Waals surface area contributed by atoms with Gasteiger partial charge in [0.05, 0.1) is 10.8 Å². The van der Waals surface area contributed by atoms with Crippen molar-refractivity contribution in [2.75, 3.05) is 0 Å². The highest BCUT2D eigenvalue weighted by Crippen LogP contribution is 2.12. The van der Waals surface area contributed by atoms with Gasteiger partial charge in [-0.3, -0.25) is 9.59 Å². The van der Waals surface area contributed by atoms with Gasteiger partial charge in [0, 0.05) is 12.4 Å². The Bertz CT molecular complexity index is 996. The minimum atomic E-state index is -1.42. The number of fused-ring (bicyclic) bond motifs is 2. The van der Waals surface area contributed by atoms with Crippen molar-refractivity contribution < 1.29 is 19.8 Å². The van der Waals surface area contributed by atoms with Crippen molar-refractivity contribution in [3.05, 3.63) is 50.0 Å². The third kappa shape index (κ3) is 1.84. The lowest BCUT2D eigenvalue weighted by Crippen LogP contribution is -2.18. The summed E-state index contributed by atoms with van der Waals surface area (Å²) in [6, 6.07) is 1.13. The predicted octanol–water partition coefficient (Wildman–Crippen LogP) is 0.161. The first-order valence-corrected chi connectivity index (χ1v) is 5.94. The van der Waals surface area contributed by atoms with Crippen LogP contribution in [0.15, 0.2) is 28.0 Å². The van der Waals surface area contributed by atoms with Gasteiger partial charge < -0.3 is 20.2 Å². The molecule has 9 heteroatoms. The highest BCUT2D eigenvalue weighted by molar-refractivity contribution is 5.97. The molecule has 0 aliphatic heterocycles. The molecular formula is C13H7N3O6. The molecule has 0 atom stereocenters. The van der Waals surface area contributed by atoms with E-state index in [0.717, 1.165) is 18.5 Å². The Kier molecular flexibility index (Phi) is 2.77. The SMILES string of the molecule is O=C(O)c1c[nH]c2nc3[nH]cc(C(=O)O)c(=O)c3cc2c1=O. The average Bonchev–Trinajstić information content (AvgIpc) is 2.46. The van der Waals surface area contributed by atoms with Gasteiger partial charge in [0.25, 0.3) is 0 Å². The predicted molar refractivity (Wildman–Crippen MR) is 74.4 cm³/mol. The molecule has 3 aromatic heterocycles. The molecule has 0 aliphatic rings. The van der Waals surface area contributed by atoms with Gasteiger partial charge in [-0.05, 0) is 6.07 Å². The van der Waals surface area contributed by atoms with Crippen LogP contribution in [-0.4, -0.2) is 37.1 Å². The number of aromatic nitrogens is 3. The van der Waals surface area contributed by atoms with Gasteiger partial charge in [-0.15, -0.1) is 0 Å². The maximum Gasteiger partial charge on any atom is 0.341 e. The number of pyridine rings is 3. The third-order valence-corrected chi connectivity index (χ3v) is 3.17. The first kappa shape index (κ1) is 13.5. The first-order valence-electron chi connectivity index (χ1n) is 5.94. The van der Waals surface area contributed by atoms with E-state index in [9.17, 15) is 19.2 Å². The summed E-state index contributed by atoms with van der Waals surface area (Å²) in [6.07, 6.45) is 2.02. The van der Waals surface area contributed by atoms with E-state index in [4.69, 9.17) is 10.2 Å². The molecule has 3 rings (SSSR count). The number of H-pyrrole nitrogens is 2. The van der Waals surface area contributed by atoms with Crippen molar-refractivity contribution in [3.63, 3.8) is 0 Å². The average molecular weight is 301 g/mol. The first-order chi connectivity index (χ1) is 10.4. The molecule has 110 valence electrons. The van der Waals surface area contributed by atoms with Gasteiger partial charge in [-0.2, -0.15) is 0 Å². The highest BCUT2D eigenvalue weighted by atomic mass is 16.4. The van der Waals surface area contributed by atoms with E-state index < -0.39 is 33.9 Å². The number of carboxylic acid groups (broad SMARTS) is 2. The second-order valence-electron chi connectivity index (χ2n) is 4.45. The van der Waals surface area contributed by atoms with Crippen molar-refractivity contribution in [2.24, 2.45) is 0 Å². The number of aromatic amines is 2. The third-order valence-electron chi connectivity index (χ3n) is 3.17. The topological polar surface area (TPSA) is 153 Å². The second kappa shape index (κ2) is 4.52. The summed E-state index contributed by atoms with van der Waals surface area (Å²) in [7, 11) is 0. The zero-order valence-corrected chi connectivity index (χ0v) is 10.7. The summed E-state index contributed by atoms with van der Waals surface area (Å²) >= 11 is 0. The lowest BCUT2D eigenvalue weighted by atomic mass is 10.1. The standard InChI is InChI=1S/C13H7N3O6/c17-8-4-1-5-9(18)7(13(21)22)3-15-11(5)16-10(4)14-2-6(8)12(19)20/h1-3H,(H,19,20)(H,21,22)(H2,14,15,16,17,18). The van der Waals surface area contributed by atoms with Crippen LogP contribution in [0.5, 0.6) is 0 Å². The minimum Gasteiger partial charge on any atom is -0.477 e. The molecule has 0 saturated heterocycles. The zero-order chi connectivity index (χ0) is 16.0. The maximum atomic E-state index is 12.1. The Balaban J connectivity index is 2.49. The van der Waals surface area contributed by atoms with Gasteiger partial charge >= 0.3 is 11.9 Å². The smallest absolute Gasteiger partial charge is 0.341 e. The molecule has 0 fully saturated rings. The van der Waals surface area contributed by atoms with Crippen LogP contribution in [0.25, 0.3) is 22.1 Å². The van der Waals surface area contributed by atoms with E-state index in [1.165, 1.54) is 0 Å². The summed E-state index contributed by atoms with van der Waals surface area (Å²) in [5.74, 6) is -2.84. The summed E-state index contributed by atoms with van der Waals surface area (Å²) < 4.78 is 0. The van der Waals surface area contributed by atoms with Gasteiger partial charge in [-0.1, -0.05) is 0 Å². The minimum absolute atomic E-state index is 0.0845. The zero-order valence-electron chi connectivity index (χ0n) is 10.7. The quantitative estimate of drug-likeness (QED) is 0.491. The number of rotatable bonds is 2. The Labute approximate surface area is 119 Å². The van der Waals surface area contributed by atoms with Crippen LogP contribution in [0.3, 0.4) is 0 Å². The summed E-state index contributed by atoms with van der Waals surface area (Å²) in [4.78, 5) is 55.2. The fourth-order valence-corrected chi connectivity index (χ4v) is 2.10. The number of nitrogens with zero attached hydrogens (tertiary/aromatic N) is 1. The monoisotopic (exact) mass is 301 g/mol. The van der Waals surface area contributed by atoms with Crippen molar-refractivity contribution in [3.8, 4) is 0 Å². The van der Waals surface area contributed by atoms with E-state index in [2.05, 4.69) is 15.0 Å². The number of hydrogen-bond donors (Lipinski definition) is 4. The number of carbonyl (C=O) groups is 2. The normalized spacial score (nSPS) is 10.9. The number of carboxylic acids is 2. The van der Waals surface area contributed by atoms with Crippen LogP contribution < -0.4 is 10.9 Å². The molecule has 0 spiro atoms. The van der Waals surface area contributed by atoms with Crippen molar-refractivity contribution >= 4 is 34.0 Å². The largest absolute Gasteiger partial charge is 0.477 e. The van der Waals surface area contributed by atoms with Gasteiger partial charge in [0.1, 0.15) is 22.4 Å². The van der Waals surface area contributed by atoms with Crippen LogP contribution >= 0.6 is 0 Å². The van der Waals surface area contributed by atoms with E-state index in [1.54, 1.807) is 0 Å². The van der Waals surface area contributed by atoms with Crippen LogP contribution in [0, 0.1) is 0 Å². The number of hydrogen-bond acceptors (Lipinski definition) is 5. The summed E-state index contributed by atoms with van der Waals surface area (Å²) in [5.41, 5.74) is -2.45. The van der Waals surface area contributed by atoms with Crippen LogP contribution in [0.2, 0.25) is 0 Å².